The molecule has 0 aromatic carbocycles. The second kappa shape index (κ2) is 4.95. The number of nitrogens with zero attached hydrogens (tertiary/aromatic N) is 1. The number of piperidine rings is 1. The predicted molar refractivity (Wildman–Crippen MR) is 48.6 cm³/mol. The number of carbonyl (C=O) groups is 2. The van der Waals surface area contributed by atoms with E-state index in [2.05, 4.69) is 4.74 Å². The van der Waals surface area contributed by atoms with Gasteiger partial charge in [-0.2, -0.15) is 0 Å². The summed E-state index contributed by atoms with van der Waals surface area (Å²) in [6.07, 6.45) is 1.83. The van der Waals surface area contributed by atoms with Crippen LogP contribution in [0.5, 0.6) is 0 Å². The third kappa shape index (κ3) is 2.45. The maximum Gasteiger partial charge on any atom is 0.396 e. The number of amides is 1. The Hall–Kier alpha value is -1.10. The Morgan fingerprint density at radius 1 is 1.36 bits per heavy atom. The van der Waals surface area contributed by atoms with Crippen molar-refractivity contribution >= 4 is 11.9 Å². The van der Waals surface area contributed by atoms with Crippen molar-refractivity contribution in [2.75, 3.05) is 27.3 Å². The first-order valence-corrected chi connectivity index (χ1v) is 4.59. The van der Waals surface area contributed by atoms with Crippen molar-refractivity contribution in [2.45, 2.75) is 18.9 Å². The second-order valence-corrected chi connectivity index (χ2v) is 3.24. The van der Waals surface area contributed by atoms with E-state index in [4.69, 9.17) is 4.74 Å². The SMILES string of the molecule is COC(=O)C(=O)N1CCCC(OC)C1. The topological polar surface area (TPSA) is 55.8 Å². The lowest BCUT2D eigenvalue weighted by molar-refractivity contribution is -0.159. The number of hydrogen-bond donors (Lipinski definition) is 0. The van der Waals surface area contributed by atoms with Crippen LogP contribution in [0.15, 0.2) is 0 Å². The molecule has 1 unspecified atom stereocenters. The number of esters is 1. The van der Waals surface area contributed by atoms with E-state index < -0.39 is 11.9 Å². The summed E-state index contributed by atoms with van der Waals surface area (Å²) >= 11 is 0. The van der Waals surface area contributed by atoms with Gasteiger partial charge in [-0.15, -0.1) is 0 Å². The van der Waals surface area contributed by atoms with Crippen molar-refractivity contribution < 1.29 is 19.1 Å². The minimum absolute atomic E-state index is 0.0392. The van der Waals surface area contributed by atoms with Crippen LogP contribution in [0.1, 0.15) is 12.8 Å². The normalized spacial score (nSPS) is 21.9. The van der Waals surface area contributed by atoms with E-state index >= 15 is 0 Å². The molecule has 0 aromatic rings. The lowest BCUT2D eigenvalue weighted by Gasteiger charge is -2.30. The molecule has 5 nitrogen and oxygen atoms in total. The van der Waals surface area contributed by atoms with Crippen LogP contribution in [-0.2, 0) is 19.1 Å². The molecule has 0 spiro atoms. The van der Waals surface area contributed by atoms with Gasteiger partial charge in [0, 0.05) is 20.2 Å². The zero-order valence-electron chi connectivity index (χ0n) is 8.49. The van der Waals surface area contributed by atoms with E-state index in [1.807, 2.05) is 0 Å². The van der Waals surface area contributed by atoms with Crippen LogP contribution in [0, 0.1) is 0 Å². The third-order valence-electron chi connectivity index (χ3n) is 2.36. The van der Waals surface area contributed by atoms with Crippen LogP contribution < -0.4 is 0 Å². The Kier molecular flexibility index (Phi) is 3.88. The molecule has 1 rings (SSSR count). The summed E-state index contributed by atoms with van der Waals surface area (Å²) in [5.74, 6) is -1.38. The van der Waals surface area contributed by atoms with Gasteiger partial charge >= 0.3 is 11.9 Å². The molecule has 1 heterocycles. The molecule has 0 aliphatic carbocycles. The van der Waals surface area contributed by atoms with E-state index in [-0.39, 0.29) is 6.10 Å². The Balaban J connectivity index is 2.51. The van der Waals surface area contributed by atoms with Gasteiger partial charge in [0.1, 0.15) is 0 Å². The van der Waals surface area contributed by atoms with E-state index in [1.165, 1.54) is 12.0 Å². The molecule has 1 aliphatic heterocycles. The maximum atomic E-state index is 11.4. The number of likely N-dealkylation sites (tertiary alicyclic amines) is 1. The first-order valence-electron chi connectivity index (χ1n) is 4.59. The number of carbonyl (C=O) groups excluding carboxylic acids is 2. The second-order valence-electron chi connectivity index (χ2n) is 3.24. The summed E-state index contributed by atoms with van der Waals surface area (Å²) in [6, 6.07) is 0. The Labute approximate surface area is 83.0 Å². The van der Waals surface area contributed by atoms with Gasteiger partial charge in [0.15, 0.2) is 0 Å². The summed E-state index contributed by atoms with van der Waals surface area (Å²) in [4.78, 5) is 23.8. The summed E-state index contributed by atoms with van der Waals surface area (Å²) in [7, 11) is 2.81. The van der Waals surface area contributed by atoms with E-state index in [9.17, 15) is 9.59 Å². The van der Waals surface area contributed by atoms with Gasteiger partial charge in [-0.3, -0.25) is 4.79 Å². The fraction of sp³-hybridized carbons (Fsp3) is 0.778. The number of hydrogen-bond acceptors (Lipinski definition) is 4. The first-order chi connectivity index (χ1) is 6.69. The highest BCUT2D eigenvalue weighted by Crippen LogP contribution is 2.12. The molecule has 0 N–H and O–H groups in total. The van der Waals surface area contributed by atoms with Crippen LogP contribution >= 0.6 is 0 Å². The van der Waals surface area contributed by atoms with Crippen molar-refractivity contribution in [3.05, 3.63) is 0 Å². The average molecular weight is 201 g/mol. The van der Waals surface area contributed by atoms with Crippen LogP contribution in [0.25, 0.3) is 0 Å². The van der Waals surface area contributed by atoms with Gasteiger partial charge in [0.25, 0.3) is 0 Å². The number of rotatable bonds is 1. The van der Waals surface area contributed by atoms with Gasteiger partial charge in [0.2, 0.25) is 0 Å². The summed E-state index contributed by atoms with van der Waals surface area (Å²) in [5, 5.41) is 0. The highest BCUT2D eigenvalue weighted by Gasteiger charge is 2.28. The lowest BCUT2D eigenvalue weighted by Crippen LogP contribution is -2.46. The summed E-state index contributed by atoms with van der Waals surface area (Å²) in [6.45, 7) is 1.08. The molecule has 1 fully saturated rings. The zero-order valence-corrected chi connectivity index (χ0v) is 8.49. The Bertz CT molecular complexity index is 229. The molecule has 1 aliphatic rings. The quantitative estimate of drug-likeness (QED) is 0.435. The van der Waals surface area contributed by atoms with Crippen LogP contribution in [0.3, 0.4) is 0 Å². The van der Waals surface area contributed by atoms with Crippen LogP contribution in [0.4, 0.5) is 0 Å². The van der Waals surface area contributed by atoms with Crippen molar-refractivity contribution in [3.63, 3.8) is 0 Å². The molecule has 14 heavy (non-hydrogen) atoms. The molecule has 0 saturated carbocycles. The number of methoxy groups -OCH3 is 2. The molecular formula is C9H15NO4. The maximum absolute atomic E-state index is 11.4. The third-order valence-corrected chi connectivity index (χ3v) is 2.36. The fourth-order valence-corrected chi connectivity index (χ4v) is 1.53. The molecule has 5 heteroatoms. The molecular weight excluding hydrogens is 186 g/mol. The molecule has 0 bridgehead atoms. The van der Waals surface area contributed by atoms with Gasteiger partial charge < -0.3 is 14.4 Å². The highest BCUT2D eigenvalue weighted by atomic mass is 16.5. The summed E-state index contributed by atoms with van der Waals surface area (Å²) < 4.78 is 9.50. The minimum atomic E-state index is -0.804. The summed E-state index contributed by atoms with van der Waals surface area (Å²) in [5.41, 5.74) is 0. The van der Waals surface area contributed by atoms with E-state index in [0.717, 1.165) is 12.8 Å². The van der Waals surface area contributed by atoms with Gasteiger partial charge in [-0.25, -0.2) is 4.79 Å². The number of ether oxygens (including phenoxy) is 2. The predicted octanol–water partition coefficient (Wildman–Crippen LogP) is -0.203. The van der Waals surface area contributed by atoms with E-state index in [0.29, 0.717) is 13.1 Å². The molecule has 80 valence electrons. The Morgan fingerprint density at radius 3 is 2.64 bits per heavy atom. The highest BCUT2D eigenvalue weighted by molar-refractivity contribution is 6.32. The standard InChI is InChI=1S/C9H15NO4/c1-13-7-4-3-5-10(6-7)8(11)9(12)14-2/h7H,3-6H2,1-2H3. The lowest BCUT2D eigenvalue weighted by atomic mass is 10.1. The molecule has 0 radical (unpaired) electrons. The average Bonchev–Trinajstić information content (AvgIpc) is 2.27. The first kappa shape index (κ1) is 11.0. The monoisotopic (exact) mass is 201 g/mol. The zero-order chi connectivity index (χ0) is 10.6. The van der Waals surface area contributed by atoms with Gasteiger partial charge in [-0.1, -0.05) is 0 Å². The van der Waals surface area contributed by atoms with Crippen LogP contribution in [-0.4, -0.2) is 50.2 Å². The van der Waals surface area contributed by atoms with Crippen molar-refractivity contribution in [1.82, 2.24) is 4.90 Å². The van der Waals surface area contributed by atoms with Gasteiger partial charge in [0.05, 0.1) is 13.2 Å². The van der Waals surface area contributed by atoms with E-state index in [1.54, 1.807) is 7.11 Å². The molecule has 1 atom stereocenters. The molecule has 1 saturated heterocycles. The van der Waals surface area contributed by atoms with Crippen molar-refractivity contribution in [2.24, 2.45) is 0 Å². The molecule has 0 aromatic heterocycles. The fourth-order valence-electron chi connectivity index (χ4n) is 1.53. The Morgan fingerprint density at radius 2 is 2.07 bits per heavy atom. The minimum Gasteiger partial charge on any atom is -0.462 e. The van der Waals surface area contributed by atoms with Crippen molar-refractivity contribution in [1.29, 1.82) is 0 Å². The van der Waals surface area contributed by atoms with Crippen LogP contribution in [0.2, 0.25) is 0 Å². The molecule has 1 amide bonds. The van der Waals surface area contributed by atoms with Gasteiger partial charge in [-0.05, 0) is 12.8 Å². The largest absolute Gasteiger partial charge is 0.462 e. The smallest absolute Gasteiger partial charge is 0.396 e. The van der Waals surface area contributed by atoms with Crippen molar-refractivity contribution in [3.8, 4) is 0 Å².